The van der Waals surface area contributed by atoms with E-state index in [9.17, 15) is 4.79 Å². The van der Waals surface area contributed by atoms with Crippen LogP contribution in [0.1, 0.15) is 16.8 Å². The number of fused-ring (bicyclic) bond motifs is 2. The van der Waals surface area contributed by atoms with Crippen molar-refractivity contribution in [3.05, 3.63) is 88.0 Å². The van der Waals surface area contributed by atoms with Crippen LogP contribution < -0.4 is 5.56 Å². The van der Waals surface area contributed by atoms with Crippen molar-refractivity contribution in [2.45, 2.75) is 13.3 Å². The van der Waals surface area contributed by atoms with Gasteiger partial charge in [0, 0.05) is 34.6 Å². The molecule has 0 amide bonds. The summed E-state index contributed by atoms with van der Waals surface area (Å²) in [5.41, 5.74) is 3.81. The summed E-state index contributed by atoms with van der Waals surface area (Å²) in [6.07, 6.45) is 2.40. The molecule has 4 rings (SSSR count). The predicted octanol–water partition coefficient (Wildman–Crippen LogP) is 3.98. The van der Waals surface area contributed by atoms with Gasteiger partial charge in [-0.2, -0.15) is 0 Å². The Hall–Kier alpha value is -2.94. The normalized spacial score (nSPS) is 11.2. The van der Waals surface area contributed by atoms with Crippen LogP contribution in [-0.4, -0.2) is 9.97 Å². The van der Waals surface area contributed by atoms with Crippen LogP contribution >= 0.6 is 0 Å². The molecule has 2 aromatic carbocycles. The molecular formula is C20H16N2O. The zero-order valence-electron chi connectivity index (χ0n) is 12.8. The molecule has 2 aromatic heterocycles. The summed E-state index contributed by atoms with van der Waals surface area (Å²) in [5, 5.41) is 3.22. The number of pyridine rings is 2. The number of aromatic nitrogens is 2. The number of hydrogen-bond donors (Lipinski definition) is 1. The second-order valence-corrected chi connectivity index (χ2v) is 5.81. The van der Waals surface area contributed by atoms with E-state index in [-0.39, 0.29) is 5.56 Å². The van der Waals surface area contributed by atoms with Crippen LogP contribution in [0, 0.1) is 6.92 Å². The molecule has 0 fully saturated rings. The van der Waals surface area contributed by atoms with Crippen LogP contribution in [0.5, 0.6) is 0 Å². The lowest BCUT2D eigenvalue weighted by molar-refractivity contribution is 1.09. The van der Waals surface area contributed by atoms with Gasteiger partial charge in [-0.05, 0) is 36.1 Å². The molecular weight excluding hydrogens is 284 g/mol. The first-order valence-corrected chi connectivity index (χ1v) is 7.66. The highest BCUT2D eigenvalue weighted by atomic mass is 16.1. The first kappa shape index (κ1) is 13.7. The maximum atomic E-state index is 12.5. The first-order valence-electron chi connectivity index (χ1n) is 7.66. The number of hydrogen-bond acceptors (Lipinski definition) is 2. The Morgan fingerprint density at radius 2 is 1.83 bits per heavy atom. The molecule has 112 valence electrons. The third-order valence-corrected chi connectivity index (χ3v) is 4.28. The Balaban J connectivity index is 1.87. The summed E-state index contributed by atoms with van der Waals surface area (Å²) in [5.74, 6) is 0. The molecule has 23 heavy (non-hydrogen) atoms. The number of nitrogens with zero attached hydrogens (tertiary/aromatic N) is 1. The van der Waals surface area contributed by atoms with E-state index in [2.05, 4.69) is 22.1 Å². The first-order chi connectivity index (χ1) is 11.2. The summed E-state index contributed by atoms with van der Waals surface area (Å²) in [6, 6.07) is 18.2. The summed E-state index contributed by atoms with van der Waals surface area (Å²) < 4.78 is 0. The van der Waals surface area contributed by atoms with Gasteiger partial charge in [0.1, 0.15) is 0 Å². The van der Waals surface area contributed by atoms with E-state index in [0.29, 0.717) is 6.42 Å². The summed E-state index contributed by atoms with van der Waals surface area (Å²) in [7, 11) is 0. The number of aryl methyl sites for hydroxylation is 1. The molecule has 0 spiro atoms. The Morgan fingerprint density at radius 1 is 1.00 bits per heavy atom. The zero-order valence-corrected chi connectivity index (χ0v) is 12.8. The minimum atomic E-state index is -0.00696. The van der Waals surface area contributed by atoms with E-state index >= 15 is 0 Å². The zero-order chi connectivity index (χ0) is 15.8. The Morgan fingerprint density at radius 3 is 2.70 bits per heavy atom. The van der Waals surface area contributed by atoms with Gasteiger partial charge in [-0.1, -0.05) is 36.4 Å². The molecule has 0 saturated heterocycles. The molecule has 0 aliphatic heterocycles. The van der Waals surface area contributed by atoms with E-state index in [4.69, 9.17) is 0 Å². The molecule has 1 N–H and O–H groups in total. The monoisotopic (exact) mass is 300 g/mol. The number of rotatable bonds is 2. The van der Waals surface area contributed by atoms with Gasteiger partial charge in [-0.25, -0.2) is 0 Å². The highest BCUT2D eigenvalue weighted by molar-refractivity contribution is 5.87. The second-order valence-electron chi connectivity index (χ2n) is 5.81. The summed E-state index contributed by atoms with van der Waals surface area (Å²) >= 11 is 0. The minimum Gasteiger partial charge on any atom is -0.326 e. The van der Waals surface area contributed by atoms with Crippen LogP contribution in [0.4, 0.5) is 0 Å². The van der Waals surface area contributed by atoms with Crippen LogP contribution in [0.25, 0.3) is 21.7 Å². The lowest BCUT2D eigenvalue weighted by Crippen LogP contribution is -2.15. The molecule has 0 saturated carbocycles. The predicted molar refractivity (Wildman–Crippen MR) is 93.9 cm³/mol. The standard InChI is InChI=1S/C20H16N2O/c1-13-16-6-2-3-7-17(16)18(20(23)22-13)12-14-8-9-19-15(11-14)5-4-10-21-19/h2-11H,12H2,1H3,(H,22,23). The summed E-state index contributed by atoms with van der Waals surface area (Å²) in [6.45, 7) is 1.94. The van der Waals surface area contributed by atoms with Crippen molar-refractivity contribution in [1.29, 1.82) is 0 Å². The third kappa shape index (κ3) is 2.40. The molecule has 0 bridgehead atoms. The number of aromatic amines is 1. The molecule has 4 aromatic rings. The molecule has 0 atom stereocenters. The Labute approximate surface area is 133 Å². The Kier molecular flexibility index (Phi) is 3.19. The Bertz CT molecular complexity index is 1080. The van der Waals surface area contributed by atoms with E-state index in [1.165, 1.54) is 0 Å². The number of H-pyrrole nitrogens is 1. The fraction of sp³-hybridized carbons (Fsp3) is 0.100. The quantitative estimate of drug-likeness (QED) is 0.608. The number of benzene rings is 2. The topological polar surface area (TPSA) is 45.8 Å². The number of nitrogens with one attached hydrogen (secondary N) is 1. The summed E-state index contributed by atoms with van der Waals surface area (Å²) in [4.78, 5) is 19.8. The van der Waals surface area contributed by atoms with E-state index in [1.54, 1.807) is 6.20 Å². The SMILES string of the molecule is Cc1[nH]c(=O)c(Cc2ccc3ncccc3c2)c2ccccc12. The molecule has 0 aliphatic carbocycles. The van der Waals surface area contributed by atoms with Crippen molar-refractivity contribution in [2.24, 2.45) is 0 Å². The van der Waals surface area contributed by atoms with Crippen molar-refractivity contribution < 1.29 is 0 Å². The molecule has 2 heterocycles. The van der Waals surface area contributed by atoms with E-state index in [0.717, 1.165) is 38.5 Å². The maximum Gasteiger partial charge on any atom is 0.252 e. The van der Waals surface area contributed by atoms with Gasteiger partial charge in [0.2, 0.25) is 0 Å². The van der Waals surface area contributed by atoms with Crippen molar-refractivity contribution in [3.63, 3.8) is 0 Å². The molecule has 3 nitrogen and oxygen atoms in total. The van der Waals surface area contributed by atoms with Crippen LogP contribution in [0.15, 0.2) is 65.6 Å². The van der Waals surface area contributed by atoms with Crippen molar-refractivity contribution in [3.8, 4) is 0 Å². The van der Waals surface area contributed by atoms with Gasteiger partial charge >= 0.3 is 0 Å². The lowest BCUT2D eigenvalue weighted by atomic mass is 9.98. The minimum absolute atomic E-state index is 0.00696. The smallest absolute Gasteiger partial charge is 0.252 e. The third-order valence-electron chi connectivity index (χ3n) is 4.28. The average Bonchev–Trinajstić information content (AvgIpc) is 2.58. The molecule has 0 aliphatic rings. The van der Waals surface area contributed by atoms with Crippen LogP contribution in [-0.2, 0) is 6.42 Å². The van der Waals surface area contributed by atoms with Crippen molar-refractivity contribution in [2.75, 3.05) is 0 Å². The second kappa shape index (κ2) is 5.36. The van der Waals surface area contributed by atoms with Crippen molar-refractivity contribution >= 4 is 21.7 Å². The van der Waals surface area contributed by atoms with Gasteiger partial charge in [0.15, 0.2) is 0 Å². The van der Waals surface area contributed by atoms with Gasteiger partial charge in [0.25, 0.3) is 5.56 Å². The average molecular weight is 300 g/mol. The molecule has 3 heteroatoms. The van der Waals surface area contributed by atoms with E-state index in [1.807, 2.05) is 49.4 Å². The van der Waals surface area contributed by atoms with Crippen LogP contribution in [0.3, 0.4) is 0 Å². The lowest BCUT2D eigenvalue weighted by Gasteiger charge is -2.09. The maximum absolute atomic E-state index is 12.5. The highest BCUT2D eigenvalue weighted by Gasteiger charge is 2.09. The van der Waals surface area contributed by atoms with Gasteiger partial charge in [0.05, 0.1) is 5.52 Å². The fourth-order valence-electron chi connectivity index (χ4n) is 3.12. The van der Waals surface area contributed by atoms with Crippen molar-refractivity contribution in [1.82, 2.24) is 9.97 Å². The van der Waals surface area contributed by atoms with Gasteiger partial charge in [-0.3, -0.25) is 9.78 Å². The van der Waals surface area contributed by atoms with Crippen LogP contribution in [0.2, 0.25) is 0 Å². The largest absolute Gasteiger partial charge is 0.326 e. The molecule has 0 radical (unpaired) electrons. The van der Waals surface area contributed by atoms with E-state index < -0.39 is 0 Å². The molecule has 0 unspecified atom stereocenters. The van der Waals surface area contributed by atoms with Gasteiger partial charge in [-0.15, -0.1) is 0 Å². The fourth-order valence-corrected chi connectivity index (χ4v) is 3.12. The highest BCUT2D eigenvalue weighted by Crippen LogP contribution is 2.21. The van der Waals surface area contributed by atoms with Gasteiger partial charge < -0.3 is 4.98 Å².